The molecule has 1 N–H and O–H groups in total. The molecule has 0 aliphatic heterocycles. The van der Waals surface area contributed by atoms with Gasteiger partial charge in [0.2, 0.25) is 0 Å². The molecule has 1 amide bonds. The van der Waals surface area contributed by atoms with Crippen LogP contribution in [0.2, 0.25) is 0 Å². The second kappa shape index (κ2) is 4.94. The molecule has 0 spiro atoms. The number of hydrogen-bond acceptors (Lipinski definition) is 3. The maximum atomic E-state index is 11.3. The highest BCUT2D eigenvalue weighted by Crippen LogP contribution is 2.05. The Bertz CT molecular complexity index is 365. The van der Waals surface area contributed by atoms with Gasteiger partial charge >= 0.3 is 0 Å². The molecule has 0 saturated carbocycles. The van der Waals surface area contributed by atoms with E-state index in [1.165, 1.54) is 0 Å². The molecule has 0 unspecified atom stereocenters. The molecule has 1 heterocycles. The number of hydrogen-bond donors (Lipinski definition) is 1. The number of amides is 1. The maximum Gasteiger partial charge on any atom is 0.286 e. The summed E-state index contributed by atoms with van der Waals surface area (Å²) >= 11 is 0. The second-order valence-corrected chi connectivity index (χ2v) is 2.62. The van der Waals surface area contributed by atoms with Gasteiger partial charge in [0, 0.05) is 18.0 Å². The lowest BCUT2D eigenvalue weighted by Gasteiger charge is -1.98. The Hall–Kier alpha value is -1.94. The third-order valence-corrected chi connectivity index (χ3v) is 1.52. The molecule has 0 atom stereocenters. The molecule has 1 aromatic rings. The molecule has 74 valence electrons. The predicted molar refractivity (Wildman–Crippen MR) is 49.8 cm³/mol. The van der Waals surface area contributed by atoms with Crippen LogP contribution < -0.4 is 5.32 Å². The van der Waals surface area contributed by atoms with Crippen LogP contribution in [0.25, 0.3) is 10.4 Å². The fourth-order valence-corrected chi connectivity index (χ4v) is 0.908. The van der Waals surface area contributed by atoms with E-state index in [2.05, 4.69) is 15.3 Å². The summed E-state index contributed by atoms with van der Waals surface area (Å²) in [6.07, 6.45) is 0. The van der Waals surface area contributed by atoms with E-state index in [0.29, 0.717) is 12.3 Å². The van der Waals surface area contributed by atoms with Gasteiger partial charge < -0.3 is 9.73 Å². The van der Waals surface area contributed by atoms with Gasteiger partial charge in [-0.1, -0.05) is 5.11 Å². The van der Waals surface area contributed by atoms with E-state index in [1.807, 2.05) is 0 Å². The SMILES string of the molecule is Cc1ccc(C(=O)NCCN=[N+]=[N-])o1. The smallest absolute Gasteiger partial charge is 0.286 e. The molecule has 6 nitrogen and oxygen atoms in total. The van der Waals surface area contributed by atoms with Crippen LogP contribution in [-0.4, -0.2) is 19.0 Å². The Balaban J connectivity index is 2.39. The molecule has 14 heavy (non-hydrogen) atoms. The first kappa shape index (κ1) is 10.1. The molecule has 1 rings (SSSR count). The fourth-order valence-electron chi connectivity index (χ4n) is 0.908. The molecule has 0 aromatic carbocycles. The number of aryl methyl sites for hydroxylation is 1. The molecule has 0 aliphatic rings. The van der Waals surface area contributed by atoms with Gasteiger partial charge in [-0.25, -0.2) is 0 Å². The second-order valence-electron chi connectivity index (χ2n) is 2.62. The lowest BCUT2D eigenvalue weighted by molar-refractivity contribution is 0.0926. The fraction of sp³-hybridized carbons (Fsp3) is 0.375. The zero-order chi connectivity index (χ0) is 10.4. The average molecular weight is 194 g/mol. The third kappa shape index (κ3) is 2.84. The summed E-state index contributed by atoms with van der Waals surface area (Å²) in [7, 11) is 0. The van der Waals surface area contributed by atoms with Crippen LogP contribution in [0.1, 0.15) is 16.3 Å². The van der Waals surface area contributed by atoms with E-state index < -0.39 is 0 Å². The molecule has 0 radical (unpaired) electrons. The number of azide groups is 1. The summed E-state index contributed by atoms with van der Waals surface area (Å²) in [5.41, 5.74) is 7.98. The number of rotatable bonds is 4. The van der Waals surface area contributed by atoms with E-state index in [4.69, 9.17) is 9.95 Å². The van der Waals surface area contributed by atoms with Gasteiger partial charge in [-0.05, 0) is 24.6 Å². The Morgan fingerprint density at radius 2 is 2.50 bits per heavy atom. The molecule has 6 heteroatoms. The largest absolute Gasteiger partial charge is 0.456 e. The van der Waals surface area contributed by atoms with E-state index in [0.717, 1.165) is 0 Å². The van der Waals surface area contributed by atoms with Crippen LogP contribution >= 0.6 is 0 Å². The lowest BCUT2D eigenvalue weighted by atomic mass is 10.4. The molecule has 0 saturated heterocycles. The highest BCUT2D eigenvalue weighted by molar-refractivity contribution is 5.91. The van der Waals surface area contributed by atoms with Crippen molar-refractivity contribution in [1.82, 2.24) is 5.32 Å². The zero-order valence-electron chi connectivity index (χ0n) is 7.73. The number of carbonyl (C=O) groups is 1. The topological polar surface area (TPSA) is 91.0 Å². The first-order chi connectivity index (χ1) is 6.74. The van der Waals surface area contributed by atoms with Gasteiger partial charge in [-0.2, -0.15) is 0 Å². The van der Waals surface area contributed by atoms with Crippen molar-refractivity contribution in [3.05, 3.63) is 34.1 Å². The minimum Gasteiger partial charge on any atom is -0.456 e. The van der Waals surface area contributed by atoms with Crippen molar-refractivity contribution in [2.45, 2.75) is 6.92 Å². The number of nitrogens with zero attached hydrogens (tertiary/aromatic N) is 3. The Morgan fingerprint density at radius 3 is 3.07 bits per heavy atom. The van der Waals surface area contributed by atoms with Crippen molar-refractivity contribution in [2.24, 2.45) is 5.11 Å². The molecular weight excluding hydrogens is 184 g/mol. The quantitative estimate of drug-likeness (QED) is 0.341. The molecule has 0 fully saturated rings. The maximum absolute atomic E-state index is 11.3. The summed E-state index contributed by atoms with van der Waals surface area (Å²) in [6, 6.07) is 3.31. The normalized spacial score (nSPS) is 9.21. The van der Waals surface area contributed by atoms with E-state index in [-0.39, 0.29) is 18.2 Å². The summed E-state index contributed by atoms with van der Waals surface area (Å²) in [6.45, 7) is 2.31. The summed E-state index contributed by atoms with van der Waals surface area (Å²) in [5.74, 6) is 0.653. The highest BCUT2D eigenvalue weighted by Gasteiger charge is 2.07. The molecule has 0 bridgehead atoms. The van der Waals surface area contributed by atoms with Gasteiger partial charge in [0.15, 0.2) is 5.76 Å². The number of nitrogens with one attached hydrogen (secondary N) is 1. The third-order valence-electron chi connectivity index (χ3n) is 1.52. The highest BCUT2D eigenvalue weighted by atomic mass is 16.3. The Labute approximate surface area is 80.5 Å². The summed E-state index contributed by atoms with van der Waals surface area (Å²) < 4.78 is 5.09. The first-order valence-corrected chi connectivity index (χ1v) is 4.09. The van der Waals surface area contributed by atoms with Crippen molar-refractivity contribution < 1.29 is 9.21 Å². The lowest BCUT2D eigenvalue weighted by Crippen LogP contribution is -2.25. The van der Waals surface area contributed by atoms with Gasteiger partial charge in [-0.3, -0.25) is 4.79 Å². The van der Waals surface area contributed by atoms with Crippen molar-refractivity contribution in [3.8, 4) is 0 Å². The van der Waals surface area contributed by atoms with Crippen LogP contribution in [0.3, 0.4) is 0 Å². The van der Waals surface area contributed by atoms with Crippen molar-refractivity contribution in [3.63, 3.8) is 0 Å². The molecular formula is C8H10N4O2. The van der Waals surface area contributed by atoms with Crippen LogP contribution in [0.5, 0.6) is 0 Å². The number of carbonyl (C=O) groups excluding carboxylic acids is 1. The van der Waals surface area contributed by atoms with E-state index >= 15 is 0 Å². The van der Waals surface area contributed by atoms with Crippen LogP contribution in [0.4, 0.5) is 0 Å². The van der Waals surface area contributed by atoms with Crippen LogP contribution in [-0.2, 0) is 0 Å². The summed E-state index contributed by atoms with van der Waals surface area (Å²) in [4.78, 5) is 13.8. The van der Waals surface area contributed by atoms with Gasteiger partial charge in [0.1, 0.15) is 5.76 Å². The van der Waals surface area contributed by atoms with Crippen molar-refractivity contribution >= 4 is 5.91 Å². The Kier molecular flexibility index (Phi) is 3.58. The van der Waals surface area contributed by atoms with Crippen LogP contribution in [0, 0.1) is 6.92 Å². The standard InChI is InChI=1S/C8H10N4O2/c1-6-2-3-7(14-6)8(13)10-4-5-11-12-9/h2-3H,4-5H2,1H3,(H,10,13). The molecule has 1 aromatic heterocycles. The Morgan fingerprint density at radius 1 is 1.71 bits per heavy atom. The van der Waals surface area contributed by atoms with Gasteiger partial charge in [0.25, 0.3) is 5.91 Å². The van der Waals surface area contributed by atoms with Crippen molar-refractivity contribution in [2.75, 3.05) is 13.1 Å². The van der Waals surface area contributed by atoms with E-state index in [9.17, 15) is 4.79 Å². The summed E-state index contributed by atoms with van der Waals surface area (Å²) in [5, 5.41) is 5.83. The zero-order valence-corrected chi connectivity index (χ0v) is 7.73. The first-order valence-electron chi connectivity index (χ1n) is 4.09. The van der Waals surface area contributed by atoms with Gasteiger partial charge in [-0.15, -0.1) is 0 Å². The molecule has 0 aliphatic carbocycles. The predicted octanol–water partition coefficient (Wildman–Crippen LogP) is 1.63. The van der Waals surface area contributed by atoms with E-state index in [1.54, 1.807) is 19.1 Å². The van der Waals surface area contributed by atoms with Gasteiger partial charge in [0.05, 0.1) is 0 Å². The minimum atomic E-state index is -0.300. The van der Waals surface area contributed by atoms with Crippen molar-refractivity contribution in [1.29, 1.82) is 0 Å². The van der Waals surface area contributed by atoms with Crippen LogP contribution in [0.15, 0.2) is 21.7 Å². The monoisotopic (exact) mass is 194 g/mol. The average Bonchev–Trinajstić information content (AvgIpc) is 2.59. The minimum absolute atomic E-state index is 0.238. The number of furan rings is 1.